The Morgan fingerprint density at radius 1 is 0.305 bits per heavy atom. The predicted octanol–water partition coefficient (Wildman–Crippen LogP) is 22.3. The zero-order chi connectivity index (χ0) is 70.0. The molecule has 0 aromatic heterocycles. The van der Waals surface area contributed by atoms with Gasteiger partial charge < -0.3 is 33.8 Å². The number of aliphatic hydroxyl groups excluding tert-OH is 1. The second kappa shape index (κ2) is 67.9. The molecule has 6 atom stereocenters. The fourth-order valence-electron chi connectivity index (χ4n) is 11.6. The first-order valence-electron chi connectivity index (χ1n) is 39.5. The zero-order valence-corrected chi connectivity index (χ0v) is 63.8. The molecule has 3 unspecified atom stereocenters. The highest BCUT2D eigenvalue weighted by Gasteiger charge is 2.30. The van der Waals surface area contributed by atoms with Crippen LogP contribution in [0.3, 0.4) is 0 Å². The van der Waals surface area contributed by atoms with E-state index in [0.29, 0.717) is 25.7 Å². The Hall–Kier alpha value is -1.94. The van der Waals surface area contributed by atoms with Crippen LogP contribution in [0.5, 0.6) is 0 Å². The summed E-state index contributed by atoms with van der Waals surface area (Å²) in [5.74, 6) is -0.459. The highest BCUT2D eigenvalue weighted by molar-refractivity contribution is 7.47. The van der Waals surface area contributed by atoms with E-state index in [4.69, 9.17) is 37.0 Å². The SMILES string of the molecule is CCCCCCCCCCCCC(=O)O[C@H](COC(=O)CCCCCCCCC)COP(=O)(O)OC[C@H](O)COP(=O)(O)OC[C@@H](COC(=O)CCCCCCCCCCCCCCCC(C)C)OC(=O)CCCCCCCCCCCCCCCCCCCCC(C)CC. The molecular weight excluding hydrogens is 1250 g/mol. The van der Waals surface area contributed by atoms with Crippen molar-refractivity contribution in [3.05, 3.63) is 0 Å². The van der Waals surface area contributed by atoms with Crippen molar-refractivity contribution in [3.63, 3.8) is 0 Å². The van der Waals surface area contributed by atoms with Crippen LogP contribution in [-0.4, -0.2) is 96.7 Å². The smallest absolute Gasteiger partial charge is 0.462 e. The fourth-order valence-corrected chi connectivity index (χ4v) is 13.2. The van der Waals surface area contributed by atoms with Gasteiger partial charge in [-0.05, 0) is 37.5 Å². The van der Waals surface area contributed by atoms with Crippen LogP contribution < -0.4 is 0 Å². The molecule has 0 aliphatic heterocycles. The first kappa shape index (κ1) is 93.1. The van der Waals surface area contributed by atoms with E-state index < -0.39 is 97.5 Å². The summed E-state index contributed by atoms with van der Waals surface area (Å²) in [6, 6.07) is 0. The molecule has 0 radical (unpaired) electrons. The molecule has 0 rings (SSSR count). The summed E-state index contributed by atoms with van der Waals surface area (Å²) < 4.78 is 68.3. The van der Waals surface area contributed by atoms with Gasteiger partial charge in [0.25, 0.3) is 0 Å². The van der Waals surface area contributed by atoms with Gasteiger partial charge in [-0.15, -0.1) is 0 Å². The minimum absolute atomic E-state index is 0.106. The Morgan fingerprint density at radius 2 is 0.537 bits per heavy atom. The summed E-state index contributed by atoms with van der Waals surface area (Å²) in [4.78, 5) is 72.6. The van der Waals surface area contributed by atoms with Gasteiger partial charge in [0.2, 0.25) is 0 Å². The molecule has 0 saturated heterocycles. The molecule has 0 aliphatic carbocycles. The van der Waals surface area contributed by atoms with Gasteiger partial charge in [0.1, 0.15) is 19.3 Å². The second-order valence-electron chi connectivity index (χ2n) is 28.1. The Balaban J connectivity index is 5.15. The average molecular weight is 1400 g/mol. The number of aliphatic hydroxyl groups is 1. The van der Waals surface area contributed by atoms with Crippen molar-refractivity contribution in [2.75, 3.05) is 39.6 Å². The predicted molar refractivity (Wildman–Crippen MR) is 386 cm³/mol. The maximum Gasteiger partial charge on any atom is 0.472 e. The third-order valence-corrected chi connectivity index (χ3v) is 20.0. The Labute approximate surface area is 581 Å². The van der Waals surface area contributed by atoms with Crippen molar-refractivity contribution in [2.24, 2.45) is 11.8 Å². The molecule has 0 amide bonds. The highest BCUT2D eigenvalue weighted by atomic mass is 31.2. The molecule has 17 nitrogen and oxygen atoms in total. The number of carbonyl (C=O) groups excluding carboxylic acids is 4. The molecule has 19 heteroatoms. The lowest BCUT2D eigenvalue weighted by atomic mass is 9.99. The van der Waals surface area contributed by atoms with Crippen LogP contribution in [0.15, 0.2) is 0 Å². The van der Waals surface area contributed by atoms with Crippen LogP contribution in [0, 0.1) is 11.8 Å². The molecule has 0 spiro atoms. The van der Waals surface area contributed by atoms with Gasteiger partial charge in [-0.3, -0.25) is 37.3 Å². The Bertz CT molecular complexity index is 1840. The highest BCUT2D eigenvalue weighted by Crippen LogP contribution is 2.45. The van der Waals surface area contributed by atoms with E-state index in [9.17, 15) is 43.2 Å². The van der Waals surface area contributed by atoms with E-state index in [1.54, 1.807) is 0 Å². The molecule has 564 valence electrons. The van der Waals surface area contributed by atoms with Crippen molar-refractivity contribution >= 4 is 39.5 Å². The maximum absolute atomic E-state index is 13.1. The normalized spacial score (nSPS) is 14.3. The second-order valence-corrected chi connectivity index (χ2v) is 31.0. The maximum atomic E-state index is 13.1. The van der Waals surface area contributed by atoms with Gasteiger partial charge in [-0.25, -0.2) is 9.13 Å². The van der Waals surface area contributed by atoms with E-state index in [0.717, 1.165) is 115 Å². The minimum Gasteiger partial charge on any atom is -0.462 e. The lowest BCUT2D eigenvalue weighted by Gasteiger charge is -2.21. The van der Waals surface area contributed by atoms with E-state index in [1.165, 1.54) is 199 Å². The summed E-state index contributed by atoms with van der Waals surface area (Å²) in [5, 5.41) is 10.6. The number of hydrogen-bond donors (Lipinski definition) is 3. The molecular formula is C76H148O17P2. The lowest BCUT2D eigenvalue weighted by molar-refractivity contribution is -0.161. The molecule has 0 aliphatic rings. The number of phosphoric ester groups is 2. The van der Waals surface area contributed by atoms with Gasteiger partial charge in [0, 0.05) is 25.7 Å². The fraction of sp³-hybridized carbons (Fsp3) is 0.947. The summed E-state index contributed by atoms with van der Waals surface area (Å²) in [6.07, 6.45) is 55.7. The molecule has 0 heterocycles. The van der Waals surface area contributed by atoms with Crippen molar-refractivity contribution in [2.45, 2.75) is 413 Å². The van der Waals surface area contributed by atoms with Crippen LogP contribution >= 0.6 is 15.6 Å². The van der Waals surface area contributed by atoms with E-state index >= 15 is 0 Å². The summed E-state index contributed by atoms with van der Waals surface area (Å²) in [5.41, 5.74) is 0. The molecule has 95 heavy (non-hydrogen) atoms. The minimum atomic E-state index is -4.96. The number of ether oxygens (including phenoxy) is 4. The monoisotopic (exact) mass is 1400 g/mol. The van der Waals surface area contributed by atoms with Gasteiger partial charge in [0.15, 0.2) is 12.2 Å². The van der Waals surface area contributed by atoms with Crippen LogP contribution in [0.2, 0.25) is 0 Å². The number of unbranched alkanes of at least 4 members (excludes halogenated alkanes) is 44. The third-order valence-electron chi connectivity index (χ3n) is 18.1. The Kier molecular flexibility index (Phi) is 66.5. The van der Waals surface area contributed by atoms with Gasteiger partial charge >= 0.3 is 39.5 Å². The van der Waals surface area contributed by atoms with Crippen LogP contribution in [-0.2, 0) is 65.4 Å². The van der Waals surface area contributed by atoms with Gasteiger partial charge in [0.05, 0.1) is 26.4 Å². The topological polar surface area (TPSA) is 237 Å². The van der Waals surface area contributed by atoms with E-state index in [2.05, 4.69) is 41.5 Å². The van der Waals surface area contributed by atoms with E-state index in [-0.39, 0.29) is 25.7 Å². The van der Waals surface area contributed by atoms with Crippen LogP contribution in [0.25, 0.3) is 0 Å². The number of hydrogen-bond acceptors (Lipinski definition) is 15. The first-order chi connectivity index (χ1) is 45.9. The van der Waals surface area contributed by atoms with Crippen molar-refractivity contribution < 1.29 is 80.2 Å². The summed E-state index contributed by atoms with van der Waals surface area (Å²) in [6.45, 7) is 9.63. The molecule has 0 aromatic carbocycles. The standard InChI is InChI=1S/C76H148O17P2/c1-7-10-12-14-16-17-35-42-48-54-60-75(80)92-71(64-86-73(78)58-52-46-38-15-13-11-8-2)66-90-94(82,83)88-62-70(77)63-89-95(84,85)91-67-72(65-87-74(79)59-53-47-41-36-31-28-24-25-29-33-39-44-50-56-68(4)5)93-76(81)61-55-49-43-37-32-27-23-21-19-18-20-22-26-30-34-40-45-51-57-69(6)9-3/h68-72,77H,7-67H2,1-6H3,(H,82,83)(H,84,85)/t69?,70-,71+,72+/m0/s1. The quantitative estimate of drug-likeness (QED) is 0.0222. The number of esters is 4. The third kappa shape index (κ3) is 69.0. The largest absolute Gasteiger partial charge is 0.472 e. The molecule has 0 aromatic rings. The number of carbonyl (C=O) groups is 4. The Morgan fingerprint density at radius 3 is 0.800 bits per heavy atom. The first-order valence-corrected chi connectivity index (χ1v) is 42.5. The van der Waals surface area contributed by atoms with Crippen LogP contribution in [0.4, 0.5) is 0 Å². The average Bonchev–Trinajstić information content (AvgIpc) is 2.24. The lowest BCUT2D eigenvalue weighted by Crippen LogP contribution is -2.30. The molecule has 0 saturated carbocycles. The number of phosphoric acid groups is 2. The molecule has 3 N–H and O–H groups in total. The van der Waals surface area contributed by atoms with Gasteiger partial charge in [-0.2, -0.15) is 0 Å². The molecule has 0 fully saturated rings. The van der Waals surface area contributed by atoms with Gasteiger partial charge in [-0.1, -0.05) is 343 Å². The molecule has 0 bridgehead atoms. The van der Waals surface area contributed by atoms with Crippen LogP contribution in [0.1, 0.15) is 395 Å². The van der Waals surface area contributed by atoms with Crippen molar-refractivity contribution in [3.8, 4) is 0 Å². The van der Waals surface area contributed by atoms with E-state index in [1.807, 2.05) is 0 Å². The summed E-state index contributed by atoms with van der Waals surface area (Å²) in [7, 11) is -9.90. The summed E-state index contributed by atoms with van der Waals surface area (Å²) >= 11 is 0. The van der Waals surface area contributed by atoms with Crippen molar-refractivity contribution in [1.82, 2.24) is 0 Å². The number of rotatable bonds is 75. The van der Waals surface area contributed by atoms with Crippen molar-refractivity contribution in [1.29, 1.82) is 0 Å². The zero-order valence-electron chi connectivity index (χ0n) is 62.0.